The van der Waals surface area contributed by atoms with Crippen molar-refractivity contribution >= 4 is 28.6 Å². The Hall–Kier alpha value is -2.13. The molecule has 1 aromatic carbocycles. The number of nitrogens with two attached hydrogens (primary N) is 1. The van der Waals surface area contributed by atoms with E-state index in [1.807, 2.05) is 12.1 Å². The van der Waals surface area contributed by atoms with Gasteiger partial charge in [0, 0.05) is 28.5 Å². The first kappa shape index (κ1) is 17.3. The van der Waals surface area contributed by atoms with Gasteiger partial charge in [-0.2, -0.15) is 0 Å². The number of aryl methyl sites for hydroxylation is 1. The highest BCUT2D eigenvalue weighted by Crippen LogP contribution is 2.34. The fourth-order valence-electron chi connectivity index (χ4n) is 3.39. The van der Waals surface area contributed by atoms with Crippen molar-refractivity contribution in [3.05, 3.63) is 47.9 Å². The number of hydrogen-bond donors (Lipinski definition) is 5. The number of hydrogen-bond acceptors (Lipinski definition) is 7. The molecule has 26 heavy (non-hydrogen) atoms. The number of aliphatic hydroxyl groups excluding tert-OH is 2. The van der Waals surface area contributed by atoms with E-state index in [2.05, 4.69) is 39.3 Å². The number of benzene rings is 1. The molecule has 0 saturated carbocycles. The summed E-state index contributed by atoms with van der Waals surface area (Å²) in [5.41, 5.74) is 9.15. The zero-order valence-electron chi connectivity index (χ0n) is 14.3. The van der Waals surface area contributed by atoms with Gasteiger partial charge in [0.05, 0.1) is 17.7 Å². The van der Waals surface area contributed by atoms with Crippen LogP contribution in [0.15, 0.2) is 41.7 Å². The molecular formula is C18H21N5O2S. The van der Waals surface area contributed by atoms with E-state index < -0.39 is 18.2 Å². The van der Waals surface area contributed by atoms with Crippen molar-refractivity contribution in [2.75, 3.05) is 11.5 Å². The molecule has 4 atom stereocenters. The Morgan fingerprint density at radius 1 is 1.23 bits per heavy atom. The lowest BCUT2D eigenvalue weighted by Gasteiger charge is -2.15. The number of fused-ring (bicyclic) bond motifs is 1. The molecule has 1 aliphatic rings. The second kappa shape index (κ2) is 6.88. The van der Waals surface area contributed by atoms with Crippen LogP contribution < -0.4 is 11.1 Å². The minimum Gasteiger partial charge on any atom is -0.389 e. The maximum atomic E-state index is 10.6. The van der Waals surface area contributed by atoms with Crippen LogP contribution in [-0.2, 0) is 0 Å². The minimum atomic E-state index is -0.923. The standard InChI is InChI=1S/C18H21N5O2S/c1-9-3-2-4-10(5-9)26-7-12-16(24)17(25)14(23-12)11-6-20-15-13(11)21-8-22-18(15)19/h2-6,8,12,14,16-17,20,23-25H,7H2,1H3,(H2,19,21,22)/t12-,14+,16+,17-/m1/s1. The molecule has 3 heterocycles. The maximum absolute atomic E-state index is 10.6. The van der Waals surface area contributed by atoms with E-state index in [0.717, 1.165) is 10.5 Å². The third kappa shape index (κ3) is 3.05. The van der Waals surface area contributed by atoms with Crippen LogP contribution in [0.4, 0.5) is 5.82 Å². The van der Waals surface area contributed by atoms with Crippen LogP contribution in [0.2, 0.25) is 0 Å². The monoisotopic (exact) mass is 371 g/mol. The number of nitrogens with zero attached hydrogens (tertiary/aromatic N) is 2. The Morgan fingerprint density at radius 3 is 2.88 bits per heavy atom. The highest BCUT2D eigenvalue weighted by Gasteiger charge is 2.42. The SMILES string of the molecule is Cc1cccc(SC[C@H]2N[C@@H](c3c[nH]c4c(N)ncnc34)[C@@H](O)[C@H]2O)c1. The smallest absolute Gasteiger partial charge is 0.151 e. The van der Waals surface area contributed by atoms with E-state index in [-0.39, 0.29) is 6.04 Å². The second-order valence-corrected chi connectivity index (χ2v) is 7.68. The normalized spacial score (nSPS) is 25.8. The molecule has 2 aromatic heterocycles. The van der Waals surface area contributed by atoms with Crippen molar-refractivity contribution in [2.45, 2.75) is 36.1 Å². The predicted molar refractivity (Wildman–Crippen MR) is 102 cm³/mol. The number of H-pyrrole nitrogens is 1. The summed E-state index contributed by atoms with van der Waals surface area (Å²) in [6.45, 7) is 2.05. The number of anilines is 1. The number of nitrogen functional groups attached to an aromatic ring is 1. The Bertz CT molecular complexity index is 931. The highest BCUT2D eigenvalue weighted by atomic mass is 32.2. The highest BCUT2D eigenvalue weighted by molar-refractivity contribution is 7.99. The Labute approximate surface area is 155 Å². The molecule has 0 bridgehead atoms. The molecule has 6 N–H and O–H groups in total. The molecule has 7 nitrogen and oxygen atoms in total. The van der Waals surface area contributed by atoms with Gasteiger partial charge in [0.2, 0.25) is 0 Å². The summed E-state index contributed by atoms with van der Waals surface area (Å²) < 4.78 is 0. The number of thioether (sulfide) groups is 1. The molecular weight excluding hydrogens is 350 g/mol. The molecule has 1 saturated heterocycles. The maximum Gasteiger partial charge on any atom is 0.151 e. The molecule has 0 unspecified atom stereocenters. The molecule has 136 valence electrons. The van der Waals surface area contributed by atoms with E-state index in [9.17, 15) is 10.2 Å². The van der Waals surface area contributed by atoms with Crippen LogP contribution in [-0.4, -0.2) is 49.2 Å². The summed E-state index contributed by atoms with van der Waals surface area (Å²) in [6, 6.07) is 7.58. The van der Waals surface area contributed by atoms with E-state index in [0.29, 0.717) is 22.6 Å². The van der Waals surface area contributed by atoms with E-state index in [1.165, 1.54) is 11.9 Å². The van der Waals surface area contributed by atoms with Crippen LogP contribution in [0, 0.1) is 6.92 Å². The van der Waals surface area contributed by atoms with Crippen molar-refractivity contribution in [3.8, 4) is 0 Å². The molecule has 1 aliphatic heterocycles. The van der Waals surface area contributed by atoms with Crippen LogP contribution in [0.3, 0.4) is 0 Å². The number of rotatable bonds is 4. The van der Waals surface area contributed by atoms with Crippen molar-refractivity contribution < 1.29 is 10.2 Å². The summed E-state index contributed by atoms with van der Waals surface area (Å²) in [4.78, 5) is 12.4. The largest absolute Gasteiger partial charge is 0.389 e. The molecule has 1 fully saturated rings. The lowest BCUT2D eigenvalue weighted by Crippen LogP contribution is -2.35. The van der Waals surface area contributed by atoms with Gasteiger partial charge in [-0.15, -0.1) is 11.8 Å². The summed E-state index contributed by atoms with van der Waals surface area (Å²) in [5.74, 6) is 1.01. The second-order valence-electron chi connectivity index (χ2n) is 6.59. The average Bonchev–Trinajstić information content (AvgIpc) is 3.17. The Balaban J connectivity index is 1.53. The van der Waals surface area contributed by atoms with Crippen LogP contribution in [0.1, 0.15) is 17.2 Å². The zero-order chi connectivity index (χ0) is 18.3. The fraction of sp³-hybridized carbons (Fsp3) is 0.333. The average molecular weight is 371 g/mol. The van der Waals surface area contributed by atoms with Gasteiger partial charge >= 0.3 is 0 Å². The number of aliphatic hydroxyl groups is 2. The molecule has 3 aromatic rings. The van der Waals surface area contributed by atoms with Gasteiger partial charge in [0.25, 0.3) is 0 Å². The topological polar surface area (TPSA) is 120 Å². The molecule has 0 amide bonds. The molecule has 4 rings (SSSR count). The first-order valence-electron chi connectivity index (χ1n) is 8.43. The third-order valence-electron chi connectivity index (χ3n) is 4.77. The molecule has 0 radical (unpaired) electrons. The number of nitrogens with one attached hydrogen (secondary N) is 2. The fourth-order valence-corrected chi connectivity index (χ4v) is 4.50. The first-order chi connectivity index (χ1) is 12.5. The predicted octanol–water partition coefficient (Wildman–Crippen LogP) is 1.38. The van der Waals surface area contributed by atoms with E-state index in [4.69, 9.17) is 5.73 Å². The van der Waals surface area contributed by atoms with Gasteiger partial charge in [0.15, 0.2) is 5.82 Å². The summed E-state index contributed by atoms with van der Waals surface area (Å²) in [7, 11) is 0. The minimum absolute atomic E-state index is 0.232. The number of aromatic nitrogens is 3. The van der Waals surface area contributed by atoms with Gasteiger partial charge in [-0.25, -0.2) is 9.97 Å². The van der Waals surface area contributed by atoms with Gasteiger partial charge in [-0.1, -0.05) is 17.7 Å². The lowest BCUT2D eigenvalue weighted by molar-refractivity contribution is 0.0308. The van der Waals surface area contributed by atoms with Gasteiger partial charge < -0.3 is 26.2 Å². The van der Waals surface area contributed by atoms with Gasteiger partial charge in [0.1, 0.15) is 17.9 Å². The van der Waals surface area contributed by atoms with Crippen LogP contribution >= 0.6 is 11.8 Å². The summed E-state index contributed by atoms with van der Waals surface area (Å²) in [5, 5.41) is 24.4. The van der Waals surface area contributed by atoms with Crippen molar-refractivity contribution in [3.63, 3.8) is 0 Å². The van der Waals surface area contributed by atoms with Crippen LogP contribution in [0.5, 0.6) is 0 Å². The van der Waals surface area contributed by atoms with E-state index in [1.54, 1.807) is 18.0 Å². The van der Waals surface area contributed by atoms with Crippen molar-refractivity contribution in [1.82, 2.24) is 20.3 Å². The molecule has 0 aliphatic carbocycles. The van der Waals surface area contributed by atoms with Crippen molar-refractivity contribution in [1.29, 1.82) is 0 Å². The Morgan fingerprint density at radius 2 is 2.08 bits per heavy atom. The van der Waals surface area contributed by atoms with Crippen LogP contribution in [0.25, 0.3) is 11.0 Å². The number of aromatic amines is 1. The lowest BCUT2D eigenvalue weighted by atomic mass is 10.0. The van der Waals surface area contributed by atoms with E-state index >= 15 is 0 Å². The summed E-state index contributed by atoms with van der Waals surface area (Å²) >= 11 is 1.66. The van der Waals surface area contributed by atoms with Gasteiger partial charge in [-0.05, 0) is 19.1 Å². The molecule has 8 heteroatoms. The Kier molecular flexibility index (Phi) is 4.58. The van der Waals surface area contributed by atoms with Gasteiger partial charge in [-0.3, -0.25) is 0 Å². The van der Waals surface area contributed by atoms with Crippen molar-refractivity contribution in [2.24, 2.45) is 0 Å². The zero-order valence-corrected chi connectivity index (χ0v) is 15.1. The first-order valence-corrected chi connectivity index (χ1v) is 9.42. The molecule has 0 spiro atoms. The summed E-state index contributed by atoms with van der Waals surface area (Å²) in [6.07, 6.45) is 1.38. The quantitative estimate of drug-likeness (QED) is 0.439. The third-order valence-corrected chi connectivity index (χ3v) is 5.89.